The number of nitrogens with zero attached hydrogens (tertiary/aromatic N) is 5. The van der Waals surface area contributed by atoms with Crippen molar-refractivity contribution < 1.29 is 0 Å². The van der Waals surface area contributed by atoms with E-state index >= 15 is 0 Å². The van der Waals surface area contributed by atoms with Gasteiger partial charge in [0, 0.05) is 52.2 Å². The molecule has 2 aromatic heterocycles. The van der Waals surface area contributed by atoms with Gasteiger partial charge in [-0.3, -0.25) is 9.67 Å². The van der Waals surface area contributed by atoms with Gasteiger partial charge in [-0.15, -0.1) is 24.0 Å². The van der Waals surface area contributed by atoms with Crippen molar-refractivity contribution in [1.29, 1.82) is 0 Å². The standard InChI is InChI=1S/C18H27ClN6.HI/c1-13(2)17-15(12-25(5)23-17)11-24(4)18(20-3)21-9-8-14-6-7-16(19)22-10-14;/h6-7,10,12-13H,8-9,11H2,1-5H3,(H,20,21);1H. The summed E-state index contributed by atoms with van der Waals surface area (Å²) in [5.41, 5.74) is 3.51. The molecule has 0 bridgehead atoms. The topological polar surface area (TPSA) is 58.3 Å². The number of pyridine rings is 1. The van der Waals surface area contributed by atoms with Gasteiger partial charge in [0.25, 0.3) is 0 Å². The summed E-state index contributed by atoms with van der Waals surface area (Å²) in [4.78, 5) is 10.6. The van der Waals surface area contributed by atoms with Crippen LogP contribution >= 0.6 is 35.6 Å². The maximum atomic E-state index is 5.81. The van der Waals surface area contributed by atoms with Crippen LogP contribution in [0.2, 0.25) is 5.15 Å². The molecule has 0 atom stereocenters. The minimum absolute atomic E-state index is 0. The van der Waals surface area contributed by atoms with Crippen molar-refractivity contribution in [3.63, 3.8) is 0 Å². The predicted octanol–water partition coefficient (Wildman–Crippen LogP) is 3.46. The highest BCUT2D eigenvalue weighted by Gasteiger charge is 2.14. The van der Waals surface area contributed by atoms with E-state index in [1.54, 1.807) is 13.2 Å². The van der Waals surface area contributed by atoms with E-state index in [0.29, 0.717) is 11.1 Å². The van der Waals surface area contributed by atoms with Crippen molar-refractivity contribution in [2.24, 2.45) is 12.0 Å². The number of halogens is 2. The summed E-state index contributed by atoms with van der Waals surface area (Å²) in [6.45, 7) is 5.88. The first-order valence-electron chi connectivity index (χ1n) is 8.45. The Kier molecular flexibility index (Phi) is 9.35. The molecule has 144 valence electrons. The fourth-order valence-corrected chi connectivity index (χ4v) is 2.86. The van der Waals surface area contributed by atoms with Crippen molar-refractivity contribution in [3.05, 3.63) is 46.5 Å². The number of aromatic nitrogens is 3. The second-order valence-electron chi connectivity index (χ2n) is 6.44. The average molecular weight is 491 g/mol. The van der Waals surface area contributed by atoms with Crippen molar-refractivity contribution in [2.75, 3.05) is 20.6 Å². The molecule has 6 nitrogen and oxygen atoms in total. The van der Waals surface area contributed by atoms with Crippen molar-refractivity contribution >= 4 is 41.5 Å². The Labute approximate surface area is 178 Å². The van der Waals surface area contributed by atoms with E-state index in [1.807, 2.05) is 30.9 Å². The average Bonchev–Trinajstić information content (AvgIpc) is 2.94. The summed E-state index contributed by atoms with van der Waals surface area (Å²) < 4.78 is 1.88. The number of aryl methyl sites for hydroxylation is 1. The molecule has 0 radical (unpaired) electrons. The summed E-state index contributed by atoms with van der Waals surface area (Å²) >= 11 is 5.81. The lowest BCUT2D eigenvalue weighted by Gasteiger charge is -2.22. The van der Waals surface area contributed by atoms with Crippen LogP contribution in [-0.4, -0.2) is 46.3 Å². The first-order chi connectivity index (χ1) is 11.9. The number of nitrogens with one attached hydrogen (secondary N) is 1. The molecule has 0 spiro atoms. The van der Waals surface area contributed by atoms with Crippen LogP contribution in [0.25, 0.3) is 0 Å². The smallest absolute Gasteiger partial charge is 0.193 e. The van der Waals surface area contributed by atoms with Gasteiger partial charge in [-0.1, -0.05) is 31.5 Å². The monoisotopic (exact) mass is 490 g/mol. The summed E-state index contributed by atoms with van der Waals surface area (Å²) in [6, 6.07) is 3.81. The molecular formula is C18H28ClIN6. The Morgan fingerprint density at radius 2 is 2.12 bits per heavy atom. The number of aliphatic imine (C=N–C) groups is 1. The van der Waals surface area contributed by atoms with Crippen LogP contribution in [0.4, 0.5) is 0 Å². The molecule has 26 heavy (non-hydrogen) atoms. The lowest BCUT2D eigenvalue weighted by Crippen LogP contribution is -2.39. The van der Waals surface area contributed by atoms with Gasteiger partial charge in [0.2, 0.25) is 0 Å². The van der Waals surface area contributed by atoms with Gasteiger partial charge in [-0.2, -0.15) is 5.10 Å². The number of rotatable bonds is 6. The largest absolute Gasteiger partial charge is 0.356 e. The molecule has 2 heterocycles. The molecular weight excluding hydrogens is 463 g/mol. The van der Waals surface area contributed by atoms with E-state index in [2.05, 4.69) is 45.3 Å². The van der Waals surface area contributed by atoms with Gasteiger partial charge in [-0.05, 0) is 24.0 Å². The number of hydrogen-bond donors (Lipinski definition) is 1. The lowest BCUT2D eigenvalue weighted by atomic mass is 10.1. The minimum atomic E-state index is 0. The second kappa shape index (κ2) is 10.7. The zero-order valence-corrected chi connectivity index (χ0v) is 19.1. The zero-order valence-electron chi connectivity index (χ0n) is 16.0. The second-order valence-corrected chi connectivity index (χ2v) is 6.82. The highest BCUT2D eigenvalue weighted by molar-refractivity contribution is 14.0. The van der Waals surface area contributed by atoms with E-state index in [1.165, 1.54) is 5.56 Å². The van der Waals surface area contributed by atoms with E-state index in [-0.39, 0.29) is 24.0 Å². The van der Waals surface area contributed by atoms with Crippen molar-refractivity contribution in [1.82, 2.24) is 25.0 Å². The van der Waals surface area contributed by atoms with Gasteiger partial charge in [0.05, 0.1) is 5.69 Å². The zero-order chi connectivity index (χ0) is 18.4. The molecule has 0 unspecified atom stereocenters. The van der Waals surface area contributed by atoms with Crippen LogP contribution in [0.1, 0.15) is 36.6 Å². The summed E-state index contributed by atoms with van der Waals surface area (Å²) in [7, 11) is 5.80. The van der Waals surface area contributed by atoms with Crippen LogP contribution in [0.3, 0.4) is 0 Å². The highest BCUT2D eigenvalue weighted by atomic mass is 127. The van der Waals surface area contributed by atoms with E-state index < -0.39 is 0 Å². The molecule has 0 aliphatic carbocycles. The summed E-state index contributed by atoms with van der Waals surface area (Å²) in [5, 5.41) is 8.48. The molecule has 2 rings (SSSR count). The van der Waals surface area contributed by atoms with Crippen LogP contribution < -0.4 is 5.32 Å². The predicted molar refractivity (Wildman–Crippen MR) is 118 cm³/mol. The van der Waals surface area contributed by atoms with Gasteiger partial charge in [0.15, 0.2) is 5.96 Å². The maximum absolute atomic E-state index is 5.81. The molecule has 0 saturated carbocycles. The molecule has 0 fully saturated rings. The van der Waals surface area contributed by atoms with Gasteiger partial charge in [0.1, 0.15) is 5.15 Å². The van der Waals surface area contributed by atoms with E-state index in [4.69, 9.17) is 11.6 Å². The fraction of sp³-hybridized carbons (Fsp3) is 0.500. The van der Waals surface area contributed by atoms with Crippen LogP contribution in [0.15, 0.2) is 29.5 Å². The van der Waals surface area contributed by atoms with Gasteiger partial charge < -0.3 is 10.2 Å². The molecule has 0 aromatic carbocycles. The fourth-order valence-electron chi connectivity index (χ4n) is 2.75. The van der Waals surface area contributed by atoms with Crippen LogP contribution in [0, 0.1) is 0 Å². The summed E-state index contributed by atoms with van der Waals surface area (Å²) in [5.74, 6) is 1.26. The summed E-state index contributed by atoms with van der Waals surface area (Å²) in [6.07, 6.45) is 4.75. The SMILES string of the molecule is CN=C(NCCc1ccc(Cl)nc1)N(C)Cc1cn(C)nc1C(C)C.I. The Bertz CT molecular complexity index is 711. The molecule has 8 heteroatoms. The van der Waals surface area contributed by atoms with Gasteiger partial charge in [-0.25, -0.2) is 4.98 Å². The Balaban J connectivity index is 0.00000338. The first-order valence-corrected chi connectivity index (χ1v) is 8.83. The quantitative estimate of drug-likeness (QED) is 0.292. The third-order valence-electron chi connectivity index (χ3n) is 3.95. The normalized spacial score (nSPS) is 11.4. The molecule has 2 aromatic rings. The number of hydrogen-bond acceptors (Lipinski definition) is 3. The third kappa shape index (κ3) is 6.42. The van der Waals surface area contributed by atoms with Crippen molar-refractivity contribution in [2.45, 2.75) is 32.7 Å². The molecule has 0 aliphatic heterocycles. The third-order valence-corrected chi connectivity index (χ3v) is 4.17. The Morgan fingerprint density at radius 1 is 1.38 bits per heavy atom. The minimum Gasteiger partial charge on any atom is -0.356 e. The molecule has 0 aliphatic rings. The molecule has 0 amide bonds. The number of guanidine groups is 1. The first kappa shape index (κ1) is 22.7. The van der Waals surface area contributed by atoms with Crippen molar-refractivity contribution in [3.8, 4) is 0 Å². The van der Waals surface area contributed by atoms with E-state index in [0.717, 1.165) is 36.7 Å². The van der Waals surface area contributed by atoms with Crippen LogP contribution in [-0.2, 0) is 20.0 Å². The van der Waals surface area contributed by atoms with Gasteiger partial charge >= 0.3 is 0 Å². The Morgan fingerprint density at radius 3 is 2.69 bits per heavy atom. The molecule has 1 N–H and O–H groups in total. The van der Waals surface area contributed by atoms with E-state index in [9.17, 15) is 0 Å². The highest BCUT2D eigenvalue weighted by Crippen LogP contribution is 2.18. The van der Waals surface area contributed by atoms with Crippen LogP contribution in [0.5, 0.6) is 0 Å². The maximum Gasteiger partial charge on any atom is 0.193 e. The molecule has 0 saturated heterocycles. The Hall–Kier alpha value is -1.35. The lowest BCUT2D eigenvalue weighted by molar-refractivity contribution is 0.474.